The summed E-state index contributed by atoms with van der Waals surface area (Å²) in [4.78, 5) is 27.6. The minimum Gasteiger partial charge on any atom is -0.369 e. The van der Waals surface area contributed by atoms with E-state index in [0.717, 1.165) is 44.5 Å². The molecule has 0 aromatic heterocycles. The Kier molecular flexibility index (Phi) is 4.61. The number of primary amides is 1. The predicted octanol–water partition coefficient (Wildman–Crippen LogP) is 1.30. The van der Waals surface area contributed by atoms with Gasteiger partial charge in [-0.1, -0.05) is 12.1 Å². The number of carbonyl (C=O) groups excluding carboxylic acids is 2. The van der Waals surface area contributed by atoms with Crippen LogP contribution in [0.2, 0.25) is 0 Å². The number of piperidine rings is 1. The number of amides is 2. The Bertz CT molecular complexity index is 582. The SMILES string of the molecule is NC(=O)CN1CCC(C(=O)N2CC[C@@H]2c2ccc(F)cc2)CC1. The summed E-state index contributed by atoms with van der Waals surface area (Å²) < 4.78 is 13.0. The van der Waals surface area contributed by atoms with Crippen LogP contribution in [0.1, 0.15) is 30.9 Å². The molecule has 2 aliphatic heterocycles. The smallest absolute Gasteiger partial charge is 0.231 e. The Hall–Kier alpha value is -1.95. The molecule has 1 atom stereocenters. The van der Waals surface area contributed by atoms with Crippen molar-refractivity contribution in [1.82, 2.24) is 9.80 Å². The van der Waals surface area contributed by atoms with Gasteiger partial charge in [0.15, 0.2) is 0 Å². The molecule has 3 rings (SSSR count). The Labute approximate surface area is 135 Å². The van der Waals surface area contributed by atoms with Crippen LogP contribution in [0.15, 0.2) is 24.3 Å². The molecule has 2 saturated heterocycles. The van der Waals surface area contributed by atoms with Gasteiger partial charge in [-0.05, 0) is 50.0 Å². The summed E-state index contributed by atoms with van der Waals surface area (Å²) in [6.45, 7) is 2.49. The molecular weight excluding hydrogens is 297 g/mol. The molecule has 2 heterocycles. The minimum atomic E-state index is -0.325. The number of nitrogens with zero attached hydrogens (tertiary/aromatic N) is 2. The van der Waals surface area contributed by atoms with Gasteiger partial charge in [-0.2, -0.15) is 0 Å². The fourth-order valence-corrected chi connectivity index (χ4v) is 3.48. The lowest BCUT2D eigenvalue weighted by Crippen LogP contribution is -2.50. The standard InChI is InChI=1S/C17H22FN3O2/c18-14-3-1-12(2-4-14)15-7-10-21(15)17(23)13-5-8-20(9-6-13)11-16(19)22/h1-4,13,15H,5-11H2,(H2,19,22)/t15-/m1/s1. The highest BCUT2D eigenvalue weighted by atomic mass is 19.1. The first-order valence-electron chi connectivity index (χ1n) is 8.11. The highest BCUT2D eigenvalue weighted by Crippen LogP contribution is 2.35. The van der Waals surface area contributed by atoms with Crippen LogP contribution < -0.4 is 5.73 Å². The van der Waals surface area contributed by atoms with E-state index in [-0.39, 0.29) is 36.1 Å². The van der Waals surface area contributed by atoms with Crippen molar-refractivity contribution < 1.29 is 14.0 Å². The second-order valence-electron chi connectivity index (χ2n) is 6.40. The maximum Gasteiger partial charge on any atom is 0.231 e. The summed E-state index contributed by atoms with van der Waals surface area (Å²) in [7, 11) is 0. The second kappa shape index (κ2) is 6.66. The van der Waals surface area contributed by atoms with Crippen LogP contribution in [0.25, 0.3) is 0 Å². The van der Waals surface area contributed by atoms with Crippen LogP contribution in [-0.4, -0.2) is 47.8 Å². The molecule has 23 heavy (non-hydrogen) atoms. The van der Waals surface area contributed by atoms with Gasteiger partial charge in [0, 0.05) is 12.5 Å². The molecule has 0 aliphatic carbocycles. The van der Waals surface area contributed by atoms with Crippen molar-refractivity contribution in [2.24, 2.45) is 11.7 Å². The molecule has 2 amide bonds. The van der Waals surface area contributed by atoms with Crippen LogP contribution in [0.5, 0.6) is 0 Å². The van der Waals surface area contributed by atoms with Gasteiger partial charge in [0.1, 0.15) is 5.82 Å². The molecule has 6 heteroatoms. The monoisotopic (exact) mass is 319 g/mol. The van der Waals surface area contributed by atoms with Gasteiger partial charge in [0.05, 0.1) is 12.6 Å². The maximum absolute atomic E-state index is 13.0. The summed E-state index contributed by atoms with van der Waals surface area (Å²) in [6, 6.07) is 6.48. The summed E-state index contributed by atoms with van der Waals surface area (Å²) in [5.41, 5.74) is 6.20. The lowest BCUT2D eigenvalue weighted by molar-refractivity contribution is -0.145. The molecule has 0 radical (unpaired) electrons. The van der Waals surface area contributed by atoms with Gasteiger partial charge in [-0.25, -0.2) is 4.39 Å². The highest BCUT2D eigenvalue weighted by molar-refractivity contribution is 5.80. The number of benzene rings is 1. The van der Waals surface area contributed by atoms with Crippen molar-refractivity contribution >= 4 is 11.8 Å². The predicted molar refractivity (Wildman–Crippen MR) is 83.8 cm³/mol. The summed E-state index contributed by atoms with van der Waals surface area (Å²) in [6.07, 6.45) is 2.45. The zero-order chi connectivity index (χ0) is 16.4. The molecule has 0 saturated carbocycles. The van der Waals surface area contributed by atoms with Crippen molar-refractivity contribution in [2.75, 3.05) is 26.2 Å². The Morgan fingerprint density at radius 1 is 1.09 bits per heavy atom. The first-order valence-corrected chi connectivity index (χ1v) is 8.11. The van der Waals surface area contributed by atoms with Gasteiger partial charge in [0.25, 0.3) is 0 Å². The minimum absolute atomic E-state index is 0.0161. The molecule has 2 N–H and O–H groups in total. The summed E-state index contributed by atoms with van der Waals surface area (Å²) >= 11 is 0. The zero-order valence-corrected chi connectivity index (χ0v) is 13.1. The summed E-state index contributed by atoms with van der Waals surface area (Å²) in [5.74, 6) is -0.381. The third-order valence-corrected chi connectivity index (χ3v) is 4.87. The van der Waals surface area contributed by atoms with Crippen LogP contribution in [0.3, 0.4) is 0 Å². The lowest BCUT2D eigenvalue weighted by Gasteiger charge is -2.44. The molecule has 0 spiro atoms. The van der Waals surface area contributed by atoms with E-state index in [1.807, 2.05) is 9.80 Å². The van der Waals surface area contributed by atoms with Crippen molar-refractivity contribution in [2.45, 2.75) is 25.3 Å². The van der Waals surface area contributed by atoms with Crippen molar-refractivity contribution in [3.63, 3.8) is 0 Å². The number of hydrogen-bond acceptors (Lipinski definition) is 3. The largest absolute Gasteiger partial charge is 0.369 e. The topological polar surface area (TPSA) is 66.6 Å². The van der Waals surface area contributed by atoms with E-state index >= 15 is 0 Å². The second-order valence-corrected chi connectivity index (χ2v) is 6.40. The fraction of sp³-hybridized carbons (Fsp3) is 0.529. The Balaban J connectivity index is 1.56. The van der Waals surface area contributed by atoms with Gasteiger partial charge < -0.3 is 10.6 Å². The first-order chi connectivity index (χ1) is 11.0. The Morgan fingerprint density at radius 3 is 2.26 bits per heavy atom. The van der Waals surface area contributed by atoms with Crippen molar-refractivity contribution in [1.29, 1.82) is 0 Å². The van der Waals surface area contributed by atoms with Gasteiger partial charge >= 0.3 is 0 Å². The van der Waals surface area contributed by atoms with Gasteiger partial charge in [0.2, 0.25) is 11.8 Å². The normalized spacial score (nSPS) is 22.7. The average molecular weight is 319 g/mol. The quantitative estimate of drug-likeness (QED) is 0.909. The molecule has 1 aromatic rings. The lowest BCUT2D eigenvalue weighted by atomic mass is 9.89. The average Bonchev–Trinajstić information content (AvgIpc) is 2.48. The van der Waals surface area contributed by atoms with E-state index in [4.69, 9.17) is 5.73 Å². The third kappa shape index (κ3) is 3.52. The van der Waals surface area contributed by atoms with Crippen LogP contribution in [0, 0.1) is 11.7 Å². The van der Waals surface area contributed by atoms with Gasteiger partial charge in [-0.3, -0.25) is 14.5 Å². The van der Waals surface area contributed by atoms with Crippen molar-refractivity contribution in [3.8, 4) is 0 Å². The molecule has 124 valence electrons. The highest BCUT2D eigenvalue weighted by Gasteiger charge is 2.37. The molecule has 5 nitrogen and oxygen atoms in total. The first kappa shape index (κ1) is 15.9. The molecule has 2 fully saturated rings. The third-order valence-electron chi connectivity index (χ3n) is 4.87. The molecule has 0 bridgehead atoms. The molecule has 2 aliphatic rings. The van der Waals surface area contributed by atoms with Crippen LogP contribution in [-0.2, 0) is 9.59 Å². The Morgan fingerprint density at radius 2 is 1.74 bits per heavy atom. The van der Waals surface area contributed by atoms with E-state index in [9.17, 15) is 14.0 Å². The van der Waals surface area contributed by atoms with E-state index in [1.165, 1.54) is 12.1 Å². The molecule has 1 aromatic carbocycles. The molecular formula is C17H22FN3O2. The van der Waals surface area contributed by atoms with Gasteiger partial charge in [-0.15, -0.1) is 0 Å². The van der Waals surface area contributed by atoms with E-state index in [1.54, 1.807) is 12.1 Å². The number of likely N-dealkylation sites (tertiary alicyclic amines) is 2. The maximum atomic E-state index is 13.0. The fourth-order valence-electron chi connectivity index (χ4n) is 3.48. The molecule has 0 unspecified atom stereocenters. The number of hydrogen-bond donors (Lipinski definition) is 1. The van der Waals surface area contributed by atoms with Crippen LogP contribution >= 0.6 is 0 Å². The zero-order valence-electron chi connectivity index (χ0n) is 13.1. The number of nitrogens with two attached hydrogens (primary N) is 1. The number of rotatable bonds is 4. The van der Waals surface area contributed by atoms with E-state index in [0.29, 0.717) is 0 Å². The number of halogens is 1. The van der Waals surface area contributed by atoms with Crippen LogP contribution in [0.4, 0.5) is 4.39 Å². The summed E-state index contributed by atoms with van der Waals surface area (Å²) in [5, 5.41) is 0. The van der Waals surface area contributed by atoms with E-state index in [2.05, 4.69) is 0 Å². The number of carbonyl (C=O) groups is 2. The van der Waals surface area contributed by atoms with Crippen molar-refractivity contribution in [3.05, 3.63) is 35.6 Å². The van der Waals surface area contributed by atoms with E-state index < -0.39 is 0 Å².